The molecule has 0 radical (unpaired) electrons. The van der Waals surface area contributed by atoms with Crippen molar-refractivity contribution in [3.8, 4) is 17.0 Å². The van der Waals surface area contributed by atoms with Gasteiger partial charge in [0, 0.05) is 18.1 Å². The fourth-order valence-electron chi connectivity index (χ4n) is 3.39. The normalized spacial score (nSPS) is 12.7. The van der Waals surface area contributed by atoms with Crippen LogP contribution in [0.4, 0.5) is 5.82 Å². The summed E-state index contributed by atoms with van der Waals surface area (Å²) in [7, 11) is 0. The van der Waals surface area contributed by atoms with Crippen LogP contribution in [-0.2, 0) is 16.1 Å². The summed E-state index contributed by atoms with van der Waals surface area (Å²) in [5.41, 5.74) is 5.69. The van der Waals surface area contributed by atoms with Crippen LogP contribution in [0.2, 0.25) is 0 Å². The van der Waals surface area contributed by atoms with Crippen LogP contribution in [0.15, 0.2) is 103 Å². The first-order valence-corrected chi connectivity index (χ1v) is 12.6. The molecule has 2 N–H and O–H groups in total. The number of nitrogens with one attached hydrogen (secondary N) is 2. The zero-order chi connectivity index (χ0) is 27.4. The van der Waals surface area contributed by atoms with Crippen molar-refractivity contribution in [1.82, 2.24) is 15.4 Å². The SMILES string of the molecule is C=C/C(=C\C=C/C)COc1ccc(-c2cc(NC(Cc3ccccc3)C(=O)NOC(C)(C)C)ncn2)cc1. The second-order valence-electron chi connectivity index (χ2n) is 9.64. The molecular weight excluding hydrogens is 476 g/mol. The molecule has 0 saturated carbocycles. The van der Waals surface area contributed by atoms with E-state index in [0.717, 1.165) is 28.1 Å². The molecule has 0 spiro atoms. The van der Waals surface area contributed by atoms with Crippen LogP contribution in [0.1, 0.15) is 33.3 Å². The van der Waals surface area contributed by atoms with Crippen molar-refractivity contribution in [2.75, 3.05) is 11.9 Å². The van der Waals surface area contributed by atoms with Gasteiger partial charge in [0.1, 0.15) is 30.5 Å². The molecule has 2 aromatic carbocycles. The van der Waals surface area contributed by atoms with Crippen LogP contribution in [0.25, 0.3) is 11.3 Å². The lowest BCUT2D eigenvalue weighted by molar-refractivity contribution is -0.146. The molecule has 0 aliphatic heterocycles. The third-order valence-electron chi connectivity index (χ3n) is 5.37. The van der Waals surface area contributed by atoms with Gasteiger partial charge in [0.15, 0.2) is 0 Å². The van der Waals surface area contributed by atoms with Crippen molar-refractivity contribution >= 4 is 11.7 Å². The summed E-state index contributed by atoms with van der Waals surface area (Å²) in [5.74, 6) is 0.993. The number of anilines is 1. The number of hydrogen-bond acceptors (Lipinski definition) is 6. The van der Waals surface area contributed by atoms with E-state index in [2.05, 4.69) is 27.3 Å². The number of aromatic nitrogens is 2. The first-order chi connectivity index (χ1) is 18.3. The van der Waals surface area contributed by atoms with Crippen molar-refractivity contribution in [3.05, 3.63) is 109 Å². The van der Waals surface area contributed by atoms with E-state index in [1.54, 1.807) is 6.08 Å². The summed E-state index contributed by atoms with van der Waals surface area (Å²) in [6.07, 6.45) is 9.60. The highest BCUT2D eigenvalue weighted by molar-refractivity contribution is 5.84. The smallest absolute Gasteiger partial charge is 0.266 e. The highest BCUT2D eigenvalue weighted by Gasteiger charge is 2.22. The molecule has 7 nitrogen and oxygen atoms in total. The maximum absolute atomic E-state index is 13.0. The summed E-state index contributed by atoms with van der Waals surface area (Å²) < 4.78 is 5.88. The molecule has 0 aliphatic carbocycles. The quantitative estimate of drug-likeness (QED) is 0.226. The van der Waals surface area contributed by atoms with Gasteiger partial charge in [-0.1, -0.05) is 61.2 Å². The first kappa shape index (κ1) is 28.3. The van der Waals surface area contributed by atoms with Gasteiger partial charge in [-0.05, 0) is 63.1 Å². The number of allylic oxidation sites excluding steroid dienone is 3. The van der Waals surface area contributed by atoms with E-state index in [9.17, 15) is 4.79 Å². The molecule has 1 atom stereocenters. The molecule has 1 heterocycles. The second-order valence-corrected chi connectivity index (χ2v) is 9.64. The molecule has 1 unspecified atom stereocenters. The number of nitrogens with zero attached hydrogens (tertiary/aromatic N) is 2. The Morgan fingerprint density at radius 3 is 2.47 bits per heavy atom. The predicted molar refractivity (Wildman–Crippen MR) is 153 cm³/mol. The van der Waals surface area contributed by atoms with Gasteiger partial charge in [-0.3, -0.25) is 9.63 Å². The molecule has 7 heteroatoms. The molecule has 0 fully saturated rings. The summed E-state index contributed by atoms with van der Waals surface area (Å²) in [6, 6.07) is 18.7. The molecular formula is C31H36N4O3. The number of rotatable bonds is 12. The lowest BCUT2D eigenvalue weighted by atomic mass is 10.1. The van der Waals surface area contributed by atoms with E-state index in [1.807, 2.05) is 107 Å². The lowest BCUT2D eigenvalue weighted by Crippen LogP contribution is -2.44. The fraction of sp³-hybridized carbons (Fsp3) is 0.258. The van der Waals surface area contributed by atoms with E-state index < -0.39 is 11.6 Å². The molecule has 198 valence electrons. The third kappa shape index (κ3) is 9.33. The van der Waals surface area contributed by atoms with Crippen LogP contribution in [0, 0.1) is 0 Å². The van der Waals surface area contributed by atoms with E-state index in [1.165, 1.54) is 6.33 Å². The van der Waals surface area contributed by atoms with E-state index in [4.69, 9.17) is 9.57 Å². The van der Waals surface area contributed by atoms with Crippen molar-refractivity contribution in [2.45, 2.75) is 45.8 Å². The monoisotopic (exact) mass is 512 g/mol. The van der Waals surface area contributed by atoms with Crippen LogP contribution in [0.5, 0.6) is 5.75 Å². The van der Waals surface area contributed by atoms with Gasteiger partial charge in [-0.2, -0.15) is 0 Å². The van der Waals surface area contributed by atoms with Gasteiger partial charge in [0.2, 0.25) is 0 Å². The Kier molecular flexibility index (Phi) is 10.4. The molecule has 1 aromatic heterocycles. The Labute approximate surface area is 225 Å². The van der Waals surface area contributed by atoms with Gasteiger partial charge < -0.3 is 10.1 Å². The minimum Gasteiger partial charge on any atom is -0.489 e. The number of benzene rings is 2. The van der Waals surface area contributed by atoms with Gasteiger partial charge >= 0.3 is 0 Å². The number of hydroxylamine groups is 1. The molecule has 0 bridgehead atoms. The molecule has 38 heavy (non-hydrogen) atoms. The summed E-state index contributed by atoms with van der Waals surface area (Å²) in [5, 5.41) is 3.25. The van der Waals surface area contributed by atoms with Gasteiger partial charge in [-0.25, -0.2) is 15.4 Å². The molecule has 3 aromatic rings. The number of ether oxygens (including phenoxy) is 1. The van der Waals surface area contributed by atoms with Crippen LogP contribution in [-0.4, -0.2) is 34.1 Å². The largest absolute Gasteiger partial charge is 0.489 e. The fourth-order valence-corrected chi connectivity index (χ4v) is 3.39. The minimum atomic E-state index is -0.604. The number of carbonyl (C=O) groups is 1. The second kappa shape index (κ2) is 13.9. The van der Waals surface area contributed by atoms with Crippen molar-refractivity contribution in [1.29, 1.82) is 0 Å². The van der Waals surface area contributed by atoms with Crippen LogP contribution in [0.3, 0.4) is 0 Å². The zero-order valence-electron chi connectivity index (χ0n) is 22.5. The molecule has 0 aliphatic rings. The molecule has 0 saturated heterocycles. The maximum atomic E-state index is 13.0. The average molecular weight is 513 g/mol. The Balaban J connectivity index is 1.72. The lowest BCUT2D eigenvalue weighted by Gasteiger charge is -2.23. The van der Waals surface area contributed by atoms with Crippen molar-refractivity contribution in [3.63, 3.8) is 0 Å². The Morgan fingerprint density at radius 2 is 1.82 bits per heavy atom. The van der Waals surface area contributed by atoms with Crippen molar-refractivity contribution in [2.24, 2.45) is 0 Å². The highest BCUT2D eigenvalue weighted by atomic mass is 16.7. The van der Waals surface area contributed by atoms with Crippen LogP contribution >= 0.6 is 0 Å². The predicted octanol–water partition coefficient (Wildman–Crippen LogP) is 6.08. The Bertz CT molecular complexity index is 1250. The summed E-state index contributed by atoms with van der Waals surface area (Å²) >= 11 is 0. The number of amides is 1. The number of hydrogen-bond donors (Lipinski definition) is 2. The third-order valence-corrected chi connectivity index (χ3v) is 5.37. The van der Waals surface area contributed by atoms with Gasteiger partial charge in [0.05, 0.1) is 11.3 Å². The average Bonchev–Trinajstić information content (AvgIpc) is 2.92. The summed E-state index contributed by atoms with van der Waals surface area (Å²) in [4.78, 5) is 27.3. The van der Waals surface area contributed by atoms with Gasteiger partial charge in [0.25, 0.3) is 5.91 Å². The molecule has 1 amide bonds. The topological polar surface area (TPSA) is 85.4 Å². The van der Waals surface area contributed by atoms with E-state index in [-0.39, 0.29) is 5.91 Å². The first-order valence-electron chi connectivity index (χ1n) is 12.6. The molecule has 3 rings (SSSR count). The van der Waals surface area contributed by atoms with E-state index in [0.29, 0.717) is 18.8 Å². The van der Waals surface area contributed by atoms with Gasteiger partial charge in [-0.15, -0.1) is 0 Å². The number of carbonyl (C=O) groups excluding carboxylic acids is 1. The Morgan fingerprint density at radius 1 is 1.08 bits per heavy atom. The summed E-state index contributed by atoms with van der Waals surface area (Å²) in [6.45, 7) is 11.8. The maximum Gasteiger partial charge on any atom is 0.266 e. The van der Waals surface area contributed by atoms with E-state index >= 15 is 0 Å². The standard InChI is InChI=1S/C31H36N4O3/c1-6-8-12-23(7-2)21-37-26-17-15-25(16-18-26)27-20-29(33-22-32-27)34-28(19-24-13-10-9-11-14-24)30(36)35-38-31(3,4)5/h6-18,20,22,28H,2,19,21H2,1,3-5H3,(H,35,36)(H,32,33,34)/b8-6-,23-12+. The minimum absolute atomic E-state index is 0.284. The zero-order valence-corrected chi connectivity index (χ0v) is 22.5. The van der Waals surface area contributed by atoms with Crippen LogP contribution < -0.4 is 15.5 Å². The van der Waals surface area contributed by atoms with Crippen molar-refractivity contribution < 1.29 is 14.4 Å². The highest BCUT2D eigenvalue weighted by Crippen LogP contribution is 2.23. The Hall–Kier alpha value is -4.23.